The molecule has 1 rings (SSSR count). The number of anilines is 1. The second-order valence-corrected chi connectivity index (χ2v) is 2.48. The van der Waals surface area contributed by atoms with Crippen LogP contribution in [-0.4, -0.2) is 13.2 Å². The van der Waals surface area contributed by atoms with Crippen LogP contribution in [0.25, 0.3) is 0 Å². The Kier molecular flexibility index (Phi) is 3.51. The maximum Gasteiger partial charge on any atom is 0.123 e. The van der Waals surface area contributed by atoms with Gasteiger partial charge in [-0.25, -0.2) is 4.39 Å². The largest absolute Gasteiger partial charge is 0.385 e. The molecule has 0 heterocycles. The number of hydrogen-bond donors (Lipinski definition) is 1. The van der Waals surface area contributed by atoms with Crippen LogP contribution in [-0.2, 0) is 0 Å². The van der Waals surface area contributed by atoms with Gasteiger partial charge in [0.2, 0.25) is 0 Å². The van der Waals surface area contributed by atoms with Crippen LogP contribution in [0.4, 0.5) is 14.5 Å². The predicted molar refractivity (Wildman–Crippen MR) is 45.5 cm³/mol. The van der Waals surface area contributed by atoms with Crippen molar-refractivity contribution in [2.45, 2.75) is 6.42 Å². The molecule has 0 radical (unpaired) electrons. The van der Waals surface area contributed by atoms with E-state index >= 15 is 0 Å². The van der Waals surface area contributed by atoms with Crippen molar-refractivity contribution in [3.05, 3.63) is 30.1 Å². The fourth-order valence-corrected chi connectivity index (χ4v) is 0.867. The number of nitrogens with one attached hydrogen (secondary N) is 1. The highest BCUT2D eigenvalue weighted by atomic mass is 19.1. The van der Waals surface area contributed by atoms with Crippen LogP contribution in [0.1, 0.15) is 6.42 Å². The number of alkyl halides is 1. The second-order valence-electron chi connectivity index (χ2n) is 2.48. The lowest BCUT2D eigenvalue weighted by Gasteiger charge is -2.03. The lowest BCUT2D eigenvalue weighted by molar-refractivity contribution is 0.481. The summed E-state index contributed by atoms with van der Waals surface area (Å²) in [5, 5.41) is 2.97. The molecular weight excluding hydrogens is 160 g/mol. The minimum absolute atomic E-state index is 0.258. The molecule has 1 aromatic carbocycles. The zero-order chi connectivity index (χ0) is 8.81. The van der Waals surface area contributed by atoms with Gasteiger partial charge in [-0.1, -0.05) is 0 Å². The first-order valence-corrected chi connectivity index (χ1v) is 3.88. The SMILES string of the molecule is FCCCNc1ccc(F)cc1. The fourth-order valence-electron chi connectivity index (χ4n) is 0.867. The smallest absolute Gasteiger partial charge is 0.123 e. The summed E-state index contributed by atoms with van der Waals surface area (Å²) in [6, 6.07) is 6.01. The Bertz CT molecular complexity index is 220. The second kappa shape index (κ2) is 4.70. The third kappa shape index (κ3) is 2.86. The number of hydrogen-bond acceptors (Lipinski definition) is 1. The van der Waals surface area contributed by atoms with E-state index in [1.807, 2.05) is 0 Å². The first kappa shape index (κ1) is 8.97. The molecule has 0 unspecified atom stereocenters. The summed E-state index contributed by atoms with van der Waals surface area (Å²) in [4.78, 5) is 0. The Labute approximate surface area is 70.4 Å². The molecular formula is C9H11F2N. The van der Waals surface area contributed by atoms with E-state index in [0.29, 0.717) is 13.0 Å². The lowest BCUT2D eigenvalue weighted by atomic mass is 10.3. The molecule has 0 aromatic heterocycles. The van der Waals surface area contributed by atoms with Gasteiger partial charge in [-0.3, -0.25) is 4.39 Å². The molecule has 66 valence electrons. The van der Waals surface area contributed by atoms with Crippen molar-refractivity contribution in [2.24, 2.45) is 0 Å². The summed E-state index contributed by atoms with van der Waals surface area (Å²) in [6.45, 7) is 0.260. The zero-order valence-electron chi connectivity index (χ0n) is 6.69. The summed E-state index contributed by atoms with van der Waals surface area (Å²) in [6.07, 6.45) is 0.484. The van der Waals surface area contributed by atoms with Crippen molar-refractivity contribution >= 4 is 5.69 Å². The molecule has 3 heteroatoms. The van der Waals surface area contributed by atoms with Crippen LogP contribution in [0, 0.1) is 5.82 Å². The lowest BCUT2D eigenvalue weighted by Crippen LogP contribution is -2.01. The summed E-state index contributed by atoms with van der Waals surface area (Å²) in [5.74, 6) is -0.258. The number of rotatable bonds is 4. The van der Waals surface area contributed by atoms with E-state index in [1.54, 1.807) is 12.1 Å². The van der Waals surface area contributed by atoms with Crippen molar-refractivity contribution in [2.75, 3.05) is 18.5 Å². The van der Waals surface area contributed by atoms with Gasteiger partial charge in [-0.05, 0) is 30.7 Å². The predicted octanol–water partition coefficient (Wildman–Crippen LogP) is 2.60. The Balaban J connectivity index is 2.37. The van der Waals surface area contributed by atoms with E-state index in [-0.39, 0.29) is 12.5 Å². The van der Waals surface area contributed by atoms with Gasteiger partial charge in [-0.15, -0.1) is 0 Å². The van der Waals surface area contributed by atoms with Crippen LogP contribution < -0.4 is 5.32 Å². The quantitative estimate of drug-likeness (QED) is 0.686. The minimum atomic E-state index is -0.325. The summed E-state index contributed by atoms with van der Waals surface area (Å²) in [5.41, 5.74) is 0.824. The van der Waals surface area contributed by atoms with Crippen LogP contribution >= 0.6 is 0 Å². The Morgan fingerprint density at radius 2 is 1.83 bits per heavy atom. The maximum atomic E-state index is 12.4. The normalized spacial score (nSPS) is 9.83. The standard InChI is InChI=1S/C9H11F2N/c10-6-1-7-12-9-4-2-8(11)3-5-9/h2-5,12H,1,6-7H2. The molecule has 0 fully saturated rings. The zero-order valence-corrected chi connectivity index (χ0v) is 6.69. The maximum absolute atomic E-state index is 12.4. The minimum Gasteiger partial charge on any atom is -0.385 e. The molecule has 0 saturated heterocycles. The summed E-state index contributed by atoms with van der Waals surface area (Å²) >= 11 is 0. The summed E-state index contributed by atoms with van der Waals surface area (Å²) < 4.78 is 24.0. The van der Waals surface area contributed by atoms with Gasteiger partial charge in [0.05, 0.1) is 6.67 Å². The molecule has 0 atom stereocenters. The van der Waals surface area contributed by atoms with E-state index in [0.717, 1.165) is 5.69 Å². The number of benzene rings is 1. The molecule has 1 N–H and O–H groups in total. The highest BCUT2D eigenvalue weighted by Crippen LogP contribution is 2.07. The van der Waals surface area contributed by atoms with Crippen molar-refractivity contribution in [1.82, 2.24) is 0 Å². The van der Waals surface area contributed by atoms with Crippen LogP contribution in [0.3, 0.4) is 0 Å². The highest BCUT2D eigenvalue weighted by Gasteiger charge is 1.91. The van der Waals surface area contributed by atoms with Crippen LogP contribution in [0.2, 0.25) is 0 Å². The molecule has 0 amide bonds. The molecule has 0 spiro atoms. The Morgan fingerprint density at radius 3 is 2.42 bits per heavy atom. The van der Waals surface area contributed by atoms with Crippen LogP contribution in [0.15, 0.2) is 24.3 Å². The average molecular weight is 171 g/mol. The molecule has 0 aliphatic heterocycles. The molecule has 0 bridgehead atoms. The van der Waals surface area contributed by atoms with Gasteiger partial charge in [0.1, 0.15) is 5.82 Å². The Morgan fingerprint density at radius 1 is 1.17 bits per heavy atom. The van der Waals surface area contributed by atoms with Crippen molar-refractivity contribution in [3.8, 4) is 0 Å². The van der Waals surface area contributed by atoms with Gasteiger partial charge in [0, 0.05) is 12.2 Å². The molecule has 0 aliphatic carbocycles. The van der Waals surface area contributed by atoms with Crippen molar-refractivity contribution in [1.29, 1.82) is 0 Å². The van der Waals surface area contributed by atoms with Gasteiger partial charge >= 0.3 is 0 Å². The third-order valence-electron chi connectivity index (χ3n) is 1.48. The molecule has 12 heavy (non-hydrogen) atoms. The molecule has 1 aromatic rings. The monoisotopic (exact) mass is 171 g/mol. The van der Waals surface area contributed by atoms with E-state index in [2.05, 4.69) is 5.32 Å². The Hall–Kier alpha value is -1.12. The highest BCUT2D eigenvalue weighted by molar-refractivity contribution is 5.42. The van der Waals surface area contributed by atoms with Crippen molar-refractivity contribution < 1.29 is 8.78 Å². The van der Waals surface area contributed by atoms with Gasteiger partial charge < -0.3 is 5.32 Å². The van der Waals surface area contributed by atoms with Crippen LogP contribution in [0.5, 0.6) is 0 Å². The van der Waals surface area contributed by atoms with E-state index < -0.39 is 0 Å². The molecule has 0 aliphatic rings. The van der Waals surface area contributed by atoms with Crippen molar-refractivity contribution in [3.63, 3.8) is 0 Å². The van der Waals surface area contributed by atoms with Gasteiger partial charge in [0.15, 0.2) is 0 Å². The number of halogens is 2. The van der Waals surface area contributed by atoms with Gasteiger partial charge in [0.25, 0.3) is 0 Å². The first-order valence-electron chi connectivity index (χ1n) is 3.88. The van der Waals surface area contributed by atoms with E-state index in [1.165, 1.54) is 12.1 Å². The average Bonchev–Trinajstić information content (AvgIpc) is 2.09. The first-order chi connectivity index (χ1) is 5.83. The fraction of sp³-hybridized carbons (Fsp3) is 0.333. The summed E-state index contributed by atoms with van der Waals surface area (Å²) in [7, 11) is 0. The topological polar surface area (TPSA) is 12.0 Å². The van der Waals surface area contributed by atoms with Gasteiger partial charge in [-0.2, -0.15) is 0 Å². The molecule has 1 nitrogen and oxygen atoms in total. The van der Waals surface area contributed by atoms with E-state index in [4.69, 9.17) is 0 Å². The molecule has 0 saturated carbocycles. The third-order valence-corrected chi connectivity index (χ3v) is 1.48. The van der Waals surface area contributed by atoms with E-state index in [9.17, 15) is 8.78 Å².